The molecule has 0 aliphatic rings. The van der Waals surface area contributed by atoms with Crippen LogP contribution in [-0.2, 0) is 9.53 Å². The number of ether oxygens (including phenoxy) is 1. The lowest BCUT2D eigenvalue weighted by molar-refractivity contribution is -0.190. The Balaban J connectivity index is 4.79. The Bertz CT molecular complexity index is 554. The fourth-order valence-electron chi connectivity index (χ4n) is 8.60. The molecule has 0 aromatic carbocycles. The van der Waals surface area contributed by atoms with Crippen molar-refractivity contribution in [2.24, 2.45) is 22.2 Å². The van der Waals surface area contributed by atoms with E-state index in [2.05, 4.69) is 62.3 Å². The van der Waals surface area contributed by atoms with E-state index in [1.54, 1.807) is 0 Å². The molecule has 2 nitrogen and oxygen atoms in total. The molecule has 228 valence electrons. The van der Waals surface area contributed by atoms with Crippen LogP contribution in [0.25, 0.3) is 0 Å². The van der Waals surface area contributed by atoms with E-state index >= 15 is 0 Å². The highest BCUT2D eigenvalue weighted by Crippen LogP contribution is 2.65. The van der Waals surface area contributed by atoms with Gasteiger partial charge in [-0.25, -0.2) is 0 Å². The SMILES string of the molecule is CCCCCCCCCCCCCCCCOC(=O)C(CC)(CC)C(CC)(CC)C(CC)(CC)C(C)CC. The summed E-state index contributed by atoms with van der Waals surface area (Å²) in [5.74, 6) is 0.684. The van der Waals surface area contributed by atoms with Crippen LogP contribution in [0.3, 0.4) is 0 Å². The first kappa shape index (κ1) is 37.5. The zero-order chi connectivity index (χ0) is 28.9. The van der Waals surface area contributed by atoms with Crippen LogP contribution in [0, 0.1) is 22.2 Å². The Labute approximate surface area is 241 Å². The van der Waals surface area contributed by atoms with Crippen LogP contribution < -0.4 is 0 Å². The van der Waals surface area contributed by atoms with Gasteiger partial charge in [0.2, 0.25) is 0 Å². The van der Waals surface area contributed by atoms with Crippen molar-refractivity contribution in [3.05, 3.63) is 0 Å². The largest absolute Gasteiger partial charge is 0.465 e. The fraction of sp³-hybridized carbons (Fsp3) is 0.972. The minimum Gasteiger partial charge on any atom is -0.465 e. The quantitative estimate of drug-likeness (QED) is 0.0811. The van der Waals surface area contributed by atoms with Gasteiger partial charge in [-0.05, 0) is 61.7 Å². The molecule has 0 radical (unpaired) electrons. The third-order valence-corrected chi connectivity index (χ3v) is 11.2. The highest BCUT2D eigenvalue weighted by atomic mass is 16.5. The molecule has 0 N–H and O–H groups in total. The molecule has 38 heavy (non-hydrogen) atoms. The summed E-state index contributed by atoms with van der Waals surface area (Å²) in [7, 11) is 0. The molecule has 0 rings (SSSR count). The summed E-state index contributed by atoms with van der Waals surface area (Å²) >= 11 is 0. The van der Waals surface area contributed by atoms with Gasteiger partial charge >= 0.3 is 5.97 Å². The molecule has 0 aliphatic carbocycles. The van der Waals surface area contributed by atoms with Crippen molar-refractivity contribution >= 4 is 5.97 Å². The maximum Gasteiger partial charge on any atom is 0.312 e. The molecule has 0 bridgehead atoms. The van der Waals surface area contributed by atoms with Gasteiger partial charge < -0.3 is 4.74 Å². The Morgan fingerprint density at radius 2 is 0.947 bits per heavy atom. The molecule has 1 atom stereocenters. The minimum absolute atomic E-state index is 0.0327. The summed E-state index contributed by atoms with van der Waals surface area (Å²) in [6, 6.07) is 0. The zero-order valence-corrected chi connectivity index (χ0v) is 28.0. The molecule has 0 aromatic heterocycles. The Kier molecular flexibility index (Phi) is 21.0. The van der Waals surface area contributed by atoms with Gasteiger partial charge in [-0.2, -0.15) is 0 Å². The van der Waals surface area contributed by atoms with Gasteiger partial charge in [0.15, 0.2) is 0 Å². The summed E-state index contributed by atoms with van der Waals surface area (Å²) in [4.78, 5) is 14.0. The molecular weight excluding hydrogens is 464 g/mol. The first-order chi connectivity index (χ1) is 18.3. The standard InChI is InChI=1S/C36H72O2/c1-10-18-19-20-21-22-23-24-25-26-27-28-29-30-31-38-33(37)35(14-5,15-6)36(16-7,17-8)34(12-3,13-4)32(9)11-2/h32H,10-31H2,1-9H3. The van der Waals surface area contributed by atoms with Gasteiger partial charge in [0, 0.05) is 0 Å². The number of hydrogen-bond donors (Lipinski definition) is 0. The summed E-state index contributed by atoms with van der Waals surface area (Å²) in [5.41, 5.74) is -0.275. The van der Waals surface area contributed by atoms with Crippen LogP contribution in [0.2, 0.25) is 0 Å². The second-order valence-electron chi connectivity index (χ2n) is 12.5. The number of esters is 1. The van der Waals surface area contributed by atoms with Crippen molar-refractivity contribution in [1.29, 1.82) is 0 Å². The smallest absolute Gasteiger partial charge is 0.312 e. The van der Waals surface area contributed by atoms with Gasteiger partial charge in [-0.1, -0.05) is 152 Å². The molecule has 2 heteroatoms. The Hall–Kier alpha value is -0.530. The molecule has 0 amide bonds. The van der Waals surface area contributed by atoms with Crippen LogP contribution in [0.5, 0.6) is 0 Å². The summed E-state index contributed by atoms with van der Waals surface area (Å²) in [6.07, 6.45) is 26.1. The molecule has 0 aliphatic heterocycles. The van der Waals surface area contributed by atoms with Crippen LogP contribution in [0.4, 0.5) is 0 Å². The second-order valence-corrected chi connectivity index (χ2v) is 12.5. The van der Waals surface area contributed by atoms with Gasteiger partial charge in [0.05, 0.1) is 12.0 Å². The van der Waals surface area contributed by atoms with Gasteiger partial charge in [0.1, 0.15) is 0 Å². The van der Waals surface area contributed by atoms with E-state index in [9.17, 15) is 4.79 Å². The van der Waals surface area contributed by atoms with E-state index in [1.807, 2.05) is 0 Å². The summed E-state index contributed by atoms with van der Waals surface area (Å²) < 4.78 is 6.16. The lowest BCUT2D eigenvalue weighted by Crippen LogP contribution is -2.58. The molecule has 0 saturated heterocycles. The Morgan fingerprint density at radius 3 is 1.26 bits per heavy atom. The zero-order valence-electron chi connectivity index (χ0n) is 28.0. The third-order valence-electron chi connectivity index (χ3n) is 11.2. The second kappa shape index (κ2) is 21.2. The van der Waals surface area contributed by atoms with E-state index in [0.717, 1.165) is 44.9 Å². The molecule has 0 fully saturated rings. The van der Waals surface area contributed by atoms with Crippen molar-refractivity contribution < 1.29 is 9.53 Å². The summed E-state index contributed by atoms with van der Waals surface area (Å²) in [6.45, 7) is 21.5. The van der Waals surface area contributed by atoms with Gasteiger partial charge in [0.25, 0.3) is 0 Å². The maximum absolute atomic E-state index is 14.0. The first-order valence-electron chi connectivity index (χ1n) is 17.5. The van der Waals surface area contributed by atoms with Crippen molar-refractivity contribution in [2.45, 2.75) is 197 Å². The normalized spacial score (nSPS) is 13.6. The molecule has 0 heterocycles. The number of carbonyl (C=O) groups is 1. The molecular formula is C36H72O2. The van der Waals surface area contributed by atoms with Crippen LogP contribution in [-0.4, -0.2) is 12.6 Å². The van der Waals surface area contributed by atoms with E-state index in [4.69, 9.17) is 4.74 Å². The molecule has 1 unspecified atom stereocenters. The topological polar surface area (TPSA) is 26.3 Å². The Morgan fingerprint density at radius 1 is 0.553 bits per heavy atom. The lowest BCUT2D eigenvalue weighted by atomic mass is 9.42. The fourth-order valence-corrected chi connectivity index (χ4v) is 8.60. The number of hydrogen-bond acceptors (Lipinski definition) is 2. The van der Waals surface area contributed by atoms with Crippen molar-refractivity contribution in [2.75, 3.05) is 6.61 Å². The molecule has 0 aromatic rings. The maximum atomic E-state index is 14.0. The highest BCUT2D eigenvalue weighted by Gasteiger charge is 2.62. The van der Waals surface area contributed by atoms with Gasteiger partial charge in [-0.3, -0.25) is 4.79 Å². The summed E-state index contributed by atoms with van der Waals surface area (Å²) in [5, 5.41) is 0. The number of carbonyl (C=O) groups excluding carboxylic acids is 1. The van der Waals surface area contributed by atoms with Crippen molar-refractivity contribution in [3.63, 3.8) is 0 Å². The van der Waals surface area contributed by atoms with E-state index in [-0.39, 0.29) is 16.8 Å². The first-order valence-corrected chi connectivity index (χ1v) is 17.5. The number of rotatable bonds is 26. The van der Waals surface area contributed by atoms with E-state index in [1.165, 1.54) is 89.9 Å². The molecule has 0 spiro atoms. The van der Waals surface area contributed by atoms with Gasteiger partial charge in [-0.15, -0.1) is 0 Å². The van der Waals surface area contributed by atoms with E-state index < -0.39 is 5.41 Å². The highest BCUT2D eigenvalue weighted by molar-refractivity contribution is 5.78. The minimum atomic E-state index is -0.401. The average molecular weight is 537 g/mol. The predicted octanol–water partition coefficient (Wildman–Crippen LogP) is 12.5. The van der Waals surface area contributed by atoms with Crippen LogP contribution >= 0.6 is 0 Å². The monoisotopic (exact) mass is 537 g/mol. The lowest BCUT2D eigenvalue weighted by Gasteiger charge is -2.61. The molecule has 0 saturated carbocycles. The van der Waals surface area contributed by atoms with E-state index in [0.29, 0.717) is 12.5 Å². The van der Waals surface area contributed by atoms with Crippen molar-refractivity contribution in [1.82, 2.24) is 0 Å². The van der Waals surface area contributed by atoms with Crippen molar-refractivity contribution in [3.8, 4) is 0 Å². The predicted molar refractivity (Wildman–Crippen MR) is 170 cm³/mol. The number of unbranched alkanes of at least 4 members (excludes halogenated alkanes) is 13. The third kappa shape index (κ3) is 9.54. The van der Waals surface area contributed by atoms with Crippen LogP contribution in [0.15, 0.2) is 0 Å². The average Bonchev–Trinajstić information content (AvgIpc) is 2.95. The van der Waals surface area contributed by atoms with Crippen LogP contribution in [0.1, 0.15) is 197 Å².